The third-order valence-corrected chi connectivity index (χ3v) is 3.35. The molecule has 1 aliphatic rings. The highest BCUT2D eigenvalue weighted by atomic mass is 16.5. The van der Waals surface area contributed by atoms with E-state index in [0.717, 1.165) is 5.69 Å². The summed E-state index contributed by atoms with van der Waals surface area (Å²) in [4.78, 5) is 27.1. The number of nitrogens with zero attached hydrogens (tertiary/aromatic N) is 3. The number of rotatable bonds is 4. The molecule has 6 nitrogen and oxygen atoms in total. The van der Waals surface area contributed by atoms with Crippen molar-refractivity contribution in [2.24, 2.45) is 5.92 Å². The summed E-state index contributed by atoms with van der Waals surface area (Å²) < 4.78 is 5.14. The quantitative estimate of drug-likeness (QED) is 0.773. The number of nitriles is 1. The van der Waals surface area contributed by atoms with E-state index in [1.165, 1.54) is 4.90 Å². The molecular weight excluding hydrogens is 270 g/mol. The summed E-state index contributed by atoms with van der Waals surface area (Å²) in [7, 11) is 1.57. The molecule has 21 heavy (non-hydrogen) atoms. The van der Waals surface area contributed by atoms with Crippen LogP contribution in [0.4, 0.5) is 5.69 Å². The lowest BCUT2D eigenvalue weighted by Gasteiger charge is -2.34. The van der Waals surface area contributed by atoms with E-state index in [2.05, 4.69) is 0 Å². The Morgan fingerprint density at radius 2 is 2.00 bits per heavy atom. The van der Waals surface area contributed by atoms with Gasteiger partial charge in [0.1, 0.15) is 5.75 Å². The molecule has 1 unspecified atom stereocenters. The number of carbonyl (C=O) groups is 2. The monoisotopic (exact) mass is 287 g/mol. The highest BCUT2D eigenvalue weighted by Gasteiger charge is 2.32. The zero-order chi connectivity index (χ0) is 15.4. The van der Waals surface area contributed by atoms with E-state index < -0.39 is 0 Å². The van der Waals surface area contributed by atoms with Crippen LogP contribution in [0.5, 0.6) is 5.75 Å². The van der Waals surface area contributed by atoms with Gasteiger partial charge in [-0.05, 0) is 19.1 Å². The Bertz CT molecular complexity index is 576. The molecule has 2 amide bonds. The maximum atomic E-state index is 12.1. The molecule has 1 aromatic carbocycles. The molecule has 1 aliphatic heterocycles. The van der Waals surface area contributed by atoms with Gasteiger partial charge >= 0.3 is 0 Å². The molecule has 0 radical (unpaired) electrons. The fraction of sp³-hybridized carbons (Fsp3) is 0.400. The maximum absolute atomic E-state index is 12.1. The van der Waals surface area contributed by atoms with Crippen molar-refractivity contribution in [3.8, 4) is 11.8 Å². The molecule has 1 saturated heterocycles. The van der Waals surface area contributed by atoms with Gasteiger partial charge in [0.05, 0.1) is 32.2 Å². The second-order valence-corrected chi connectivity index (χ2v) is 4.99. The average molecular weight is 287 g/mol. The van der Waals surface area contributed by atoms with Gasteiger partial charge in [0.25, 0.3) is 0 Å². The first-order chi connectivity index (χ1) is 10.0. The molecule has 110 valence electrons. The van der Waals surface area contributed by atoms with Crippen LogP contribution in [-0.2, 0) is 9.59 Å². The smallest absolute Gasteiger partial charge is 0.248 e. The lowest BCUT2D eigenvalue weighted by atomic mass is 10.1. The Balaban J connectivity index is 2.12. The van der Waals surface area contributed by atoms with Crippen LogP contribution in [0, 0.1) is 17.2 Å². The topological polar surface area (TPSA) is 73.6 Å². The summed E-state index contributed by atoms with van der Waals surface area (Å²) in [6, 6.07) is 9.27. The van der Waals surface area contributed by atoms with Gasteiger partial charge in [-0.2, -0.15) is 5.26 Å². The van der Waals surface area contributed by atoms with Crippen molar-refractivity contribution < 1.29 is 14.3 Å². The molecule has 1 aromatic rings. The van der Waals surface area contributed by atoms with Crippen molar-refractivity contribution in [2.45, 2.75) is 6.92 Å². The van der Waals surface area contributed by atoms with E-state index in [1.54, 1.807) is 31.1 Å². The van der Waals surface area contributed by atoms with E-state index in [1.807, 2.05) is 18.2 Å². The van der Waals surface area contributed by atoms with Crippen LogP contribution in [0.1, 0.15) is 6.92 Å². The first kappa shape index (κ1) is 14.9. The molecule has 2 rings (SSSR count). The Morgan fingerprint density at radius 3 is 2.57 bits per heavy atom. The molecule has 0 N–H and O–H groups in total. The number of ether oxygens (including phenoxy) is 1. The summed E-state index contributed by atoms with van der Waals surface area (Å²) in [6.07, 6.45) is 0. The molecule has 0 bridgehead atoms. The lowest BCUT2D eigenvalue weighted by molar-refractivity contribution is -0.145. The highest BCUT2D eigenvalue weighted by molar-refractivity contribution is 6.02. The standard InChI is InChI=1S/C15H17N3O3/c1-11(7-16)8-18-14(19)9-17(10-15(18)20)12-4-3-5-13(6-12)21-2/h3-6,11H,8-10H2,1-2H3. The second kappa shape index (κ2) is 6.27. The molecule has 1 atom stereocenters. The van der Waals surface area contributed by atoms with Gasteiger partial charge in [0, 0.05) is 18.3 Å². The average Bonchev–Trinajstić information content (AvgIpc) is 2.50. The Hall–Kier alpha value is -2.55. The molecular formula is C15H17N3O3. The third kappa shape index (κ3) is 3.31. The minimum Gasteiger partial charge on any atom is -0.497 e. The molecule has 0 saturated carbocycles. The van der Waals surface area contributed by atoms with Crippen LogP contribution in [0.3, 0.4) is 0 Å². The number of amides is 2. The Labute approximate surface area is 123 Å². The van der Waals surface area contributed by atoms with Gasteiger partial charge in [-0.25, -0.2) is 0 Å². The normalized spacial score (nSPS) is 16.6. The first-order valence-electron chi connectivity index (χ1n) is 6.67. The van der Waals surface area contributed by atoms with Crippen molar-refractivity contribution >= 4 is 17.5 Å². The number of hydrogen-bond donors (Lipinski definition) is 0. The zero-order valence-electron chi connectivity index (χ0n) is 12.1. The van der Waals surface area contributed by atoms with Crippen LogP contribution in [0.25, 0.3) is 0 Å². The Kier molecular flexibility index (Phi) is 4.43. The van der Waals surface area contributed by atoms with E-state index in [-0.39, 0.29) is 37.4 Å². The number of hydrogen-bond acceptors (Lipinski definition) is 5. The number of benzene rings is 1. The molecule has 1 fully saturated rings. The largest absolute Gasteiger partial charge is 0.497 e. The van der Waals surface area contributed by atoms with Gasteiger partial charge in [-0.15, -0.1) is 0 Å². The number of imide groups is 1. The van der Waals surface area contributed by atoms with Gasteiger partial charge in [-0.1, -0.05) is 6.07 Å². The van der Waals surface area contributed by atoms with E-state index in [4.69, 9.17) is 10.00 Å². The van der Waals surface area contributed by atoms with Crippen LogP contribution in [0.15, 0.2) is 24.3 Å². The van der Waals surface area contributed by atoms with Crippen molar-refractivity contribution in [3.63, 3.8) is 0 Å². The van der Waals surface area contributed by atoms with Crippen LogP contribution >= 0.6 is 0 Å². The number of piperazine rings is 1. The van der Waals surface area contributed by atoms with Crippen LogP contribution < -0.4 is 9.64 Å². The number of methoxy groups -OCH3 is 1. The van der Waals surface area contributed by atoms with Gasteiger partial charge in [0.15, 0.2) is 0 Å². The number of anilines is 1. The fourth-order valence-corrected chi connectivity index (χ4v) is 2.20. The van der Waals surface area contributed by atoms with E-state index in [0.29, 0.717) is 5.75 Å². The van der Waals surface area contributed by atoms with E-state index >= 15 is 0 Å². The Morgan fingerprint density at radius 1 is 1.33 bits per heavy atom. The predicted molar refractivity (Wildman–Crippen MR) is 76.7 cm³/mol. The SMILES string of the molecule is COc1cccc(N2CC(=O)N(CC(C)C#N)C(=O)C2)c1. The summed E-state index contributed by atoms with van der Waals surface area (Å²) in [5.74, 6) is -0.249. The van der Waals surface area contributed by atoms with Gasteiger partial charge in [0.2, 0.25) is 11.8 Å². The van der Waals surface area contributed by atoms with Crippen LogP contribution in [-0.4, -0.2) is 43.5 Å². The third-order valence-electron chi connectivity index (χ3n) is 3.35. The summed E-state index contributed by atoms with van der Waals surface area (Å²) >= 11 is 0. The molecule has 1 heterocycles. The summed E-state index contributed by atoms with van der Waals surface area (Å²) in [5, 5.41) is 8.80. The summed E-state index contributed by atoms with van der Waals surface area (Å²) in [5.41, 5.74) is 0.768. The minimum absolute atomic E-state index is 0.122. The van der Waals surface area contributed by atoms with Crippen molar-refractivity contribution in [2.75, 3.05) is 31.6 Å². The summed E-state index contributed by atoms with van der Waals surface area (Å²) in [6.45, 7) is 2.09. The number of carbonyl (C=O) groups excluding carboxylic acids is 2. The van der Waals surface area contributed by atoms with Gasteiger partial charge in [-0.3, -0.25) is 14.5 Å². The molecule has 0 aromatic heterocycles. The van der Waals surface area contributed by atoms with Crippen LogP contribution in [0.2, 0.25) is 0 Å². The van der Waals surface area contributed by atoms with Crippen molar-refractivity contribution in [1.82, 2.24) is 4.90 Å². The highest BCUT2D eigenvalue weighted by Crippen LogP contribution is 2.22. The first-order valence-corrected chi connectivity index (χ1v) is 6.67. The molecule has 6 heteroatoms. The van der Waals surface area contributed by atoms with Crippen molar-refractivity contribution in [3.05, 3.63) is 24.3 Å². The predicted octanol–water partition coefficient (Wildman–Crippen LogP) is 1.03. The van der Waals surface area contributed by atoms with E-state index in [9.17, 15) is 9.59 Å². The molecule has 0 aliphatic carbocycles. The van der Waals surface area contributed by atoms with Gasteiger partial charge < -0.3 is 9.64 Å². The molecule has 0 spiro atoms. The van der Waals surface area contributed by atoms with Crippen molar-refractivity contribution in [1.29, 1.82) is 5.26 Å². The second-order valence-electron chi connectivity index (χ2n) is 4.99. The fourth-order valence-electron chi connectivity index (χ4n) is 2.20. The maximum Gasteiger partial charge on any atom is 0.248 e. The zero-order valence-corrected chi connectivity index (χ0v) is 12.1. The minimum atomic E-state index is -0.360. The lowest BCUT2D eigenvalue weighted by Crippen LogP contribution is -2.55.